The van der Waals surface area contributed by atoms with Crippen LogP contribution in [0.15, 0.2) is 17.3 Å². The van der Waals surface area contributed by atoms with Gasteiger partial charge in [-0.15, -0.1) is 0 Å². The van der Waals surface area contributed by atoms with Crippen molar-refractivity contribution < 1.29 is 9.90 Å². The van der Waals surface area contributed by atoms with E-state index in [4.69, 9.17) is 10.8 Å². The number of aliphatic hydroxyl groups excluding tert-OH is 1. The van der Waals surface area contributed by atoms with Gasteiger partial charge in [-0.3, -0.25) is 4.79 Å². The molecule has 0 aromatic rings. The van der Waals surface area contributed by atoms with Gasteiger partial charge in [0.05, 0.1) is 0 Å². The van der Waals surface area contributed by atoms with E-state index >= 15 is 0 Å². The van der Waals surface area contributed by atoms with Crippen LogP contribution in [0.4, 0.5) is 0 Å². The summed E-state index contributed by atoms with van der Waals surface area (Å²) in [6.07, 6.45) is 4.12. The third kappa shape index (κ3) is 6.76. The number of nitrogens with two attached hydrogens (primary N) is 1. The Balaban J connectivity index is 3.47. The number of carbonyl (C=O) groups excluding carboxylic acids is 1. The van der Waals surface area contributed by atoms with Crippen LogP contribution in [0.1, 0.15) is 6.42 Å². The Morgan fingerprint density at radius 2 is 2.42 bits per heavy atom. The van der Waals surface area contributed by atoms with E-state index in [2.05, 4.69) is 10.3 Å². The summed E-state index contributed by atoms with van der Waals surface area (Å²) in [6.45, 7) is 0.820. The fourth-order valence-electron chi connectivity index (χ4n) is 0.513. The second kappa shape index (κ2) is 7.74. The van der Waals surface area contributed by atoms with Crippen LogP contribution in [0, 0.1) is 0 Å². The van der Waals surface area contributed by atoms with Crippen molar-refractivity contribution in [2.45, 2.75) is 6.42 Å². The Kier molecular flexibility index (Phi) is 6.87. The van der Waals surface area contributed by atoms with Gasteiger partial charge in [0.25, 0.3) is 0 Å². The lowest BCUT2D eigenvalue weighted by Gasteiger charge is -1.95. The fraction of sp³-hybridized carbons (Fsp3) is 0.429. The molecule has 0 heterocycles. The summed E-state index contributed by atoms with van der Waals surface area (Å²) in [5.41, 5.74) is 5.24. The molecular weight excluding hydrogens is 158 g/mol. The number of aliphatic imine (C=N–C) groups is 1. The molecule has 1 amide bonds. The third-order valence-electron chi connectivity index (χ3n) is 1.05. The molecular formula is C7H13N3O2. The highest BCUT2D eigenvalue weighted by Gasteiger charge is 1.82. The number of hydrogen-bond donors (Lipinski definition) is 3. The molecule has 0 fully saturated rings. The highest BCUT2D eigenvalue weighted by molar-refractivity contribution is 5.95. The largest absolute Gasteiger partial charge is 0.396 e. The average Bonchev–Trinajstić information content (AvgIpc) is 2.05. The summed E-state index contributed by atoms with van der Waals surface area (Å²) in [5, 5.41) is 11.3. The van der Waals surface area contributed by atoms with Crippen molar-refractivity contribution >= 4 is 12.2 Å². The van der Waals surface area contributed by atoms with Crippen LogP contribution in [-0.4, -0.2) is 30.5 Å². The molecule has 0 bridgehead atoms. The highest BCUT2D eigenvalue weighted by atomic mass is 16.3. The Morgan fingerprint density at radius 1 is 1.67 bits per heavy atom. The summed E-state index contributed by atoms with van der Waals surface area (Å²) < 4.78 is 0. The zero-order valence-electron chi connectivity index (χ0n) is 6.73. The number of aliphatic hydroxyl groups is 1. The molecule has 0 aromatic carbocycles. The number of amides is 1. The van der Waals surface area contributed by atoms with Gasteiger partial charge in [0.1, 0.15) is 5.84 Å². The Morgan fingerprint density at radius 3 is 3.00 bits per heavy atom. The van der Waals surface area contributed by atoms with Crippen LogP contribution in [0.2, 0.25) is 0 Å². The van der Waals surface area contributed by atoms with Gasteiger partial charge < -0.3 is 16.2 Å². The summed E-state index contributed by atoms with van der Waals surface area (Å²) in [4.78, 5) is 13.1. The maximum atomic E-state index is 9.80. The molecule has 0 radical (unpaired) electrons. The molecule has 68 valence electrons. The molecule has 12 heavy (non-hydrogen) atoms. The van der Waals surface area contributed by atoms with Crippen LogP contribution in [0.5, 0.6) is 0 Å². The van der Waals surface area contributed by atoms with E-state index in [0.717, 1.165) is 0 Å². The molecule has 0 aliphatic carbocycles. The smallest absolute Gasteiger partial charge is 0.234 e. The van der Waals surface area contributed by atoms with Crippen molar-refractivity contribution in [3.63, 3.8) is 0 Å². The van der Waals surface area contributed by atoms with E-state index in [1.807, 2.05) is 0 Å². The first-order valence-electron chi connectivity index (χ1n) is 3.59. The molecule has 0 spiro atoms. The van der Waals surface area contributed by atoms with Crippen LogP contribution < -0.4 is 11.1 Å². The molecule has 0 aromatic heterocycles. The first-order valence-corrected chi connectivity index (χ1v) is 3.59. The van der Waals surface area contributed by atoms with E-state index < -0.39 is 0 Å². The Labute approximate surface area is 71.0 Å². The predicted molar refractivity (Wildman–Crippen MR) is 46.5 cm³/mol. The second-order valence-electron chi connectivity index (χ2n) is 2.02. The first-order chi connectivity index (χ1) is 5.81. The minimum absolute atomic E-state index is 0.152. The number of nitrogens with one attached hydrogen (secondary N) is 1. The zero-order chi connectivity index (χ0) is 9.23. The number of rotatable bonds is 6. The summed E-state index contributed by atoms with van der Waals surface area (Å²) in [5.74, 6) is 0.154. The van der Waals surface area contributed by atoms with Crippen molar-refractivity contribution in [1.82, 2.24) is 5.32 Å². The molecule has 0 saturated carbocycles. The maximum Gasteiger partial charge on any atom is 0.234 e. The lowest BCUT2D eigenvalue weighted by Crippen LogP contribution is -2.12. The lowest BCUT2D eigenvalue weighted by molar-refractivity contribution is -0.106. The van der Waals surface area contributed by atoms with Gasteiger partial charge in [0.15, 0.2) is 0 Å². The van der Waals surface area contributed by atoms with Gasteiger partial charge in [-0.05, 0) is 12.5 Å². The molecule has 0 aliphatic rings. The second-order valence-corrected chi connectivity index (χ2v) is 2.02. The third-order valence-corrected chi connectivity index (χ3v) is 1.05. The molecule has 0 atom stereocenters. The predicted octanol–water partition coefficient (Wildman–Crippen LogP) is -1.01. The van der Waals surface area contributed by atoms with Crippen molar-refractivity contribution in [1.29, 1.82) is 0 Å². The first kappa shape index (κ1) is 10.6. The number of hydrogen-bond acceptors (Lipinski definition) is 3. The van der Waals surface area contributed by atoms with Gasteiger partial charge in [0, 0.05) is 19.4 Å². The van der Waals surface area contributed by atoms with Crippen LogP contribution in [0.3, 0.4) is 0 Å². The van der Waals surface area contributed by atoms with E-state index in [-0.39, 0.29) is 12.4 Å². The Hall–Kier alpha value is -1.36. The lowest BCUT2D eigenvalue weighted by atomic mass is 10.4. The van der Waals surface area contributed by atoms with Gasteiger partial charge in [-0.2, -0.15) is 4.99 Å². The van der Waals surface area contributed by atoms with Gasteiger partial charge in [0.2, 0.25) is 6.41 Å². The van der Waals surface area contributed by atoms with Gasteiger partial charge in [-0.25, -0.2) is 0 Å². The molecule has 5 heteroatoms. The van der Waals surface area contributed by atoms with E-state index in [1.165, 1.54) is 6.08 Å². The van der Waals surface area contributed by atoms with Crippen LogP contribution >= 0.6 is 0 Å². The number of carbonyl (C=O) groups is 1. The van der Waals surface area contributed by atoms with Crippen LogP contribution in [0.25, 0.3) is 0 Å². The molecule has 0 aliphatic heterocycles. The summed E-state index contributed by atoms with van der Waals surface area (Å²) in [6, 6.07) is 0. The Bertz CT molecular complexity index is 177. The monoisotopic (exact) mass is 171 g/mol. The highest BCUT2D eigenvalue weighted by Crippen LogP contribution is 1.73. The maximum absolute atomic E-state index is 9.80. The topological polar surface area (TPSA) is 87.7 Å². The van der Waals surface area contributed by atoms with Crippen molar-refractivity contribution in [2.24, 2.45) is 10.7 Å². The average molecular weight is 171 g/mol. The van der Waals surface area contributed by atoms with Crippen molar-refractivity contribution in [2.75, 3.05) is 13.2 Å². The minimum atomic E-state index is 0.152. The van der Waals surface area contributed by atoms with Crippen molar-refractivity contribution in [3.05, 3.63) is 12.3 Å². The normalized spacial score (nSPS) is 11.9. The SMILES string of the molecule is NC(/C=C\NCCCO)=NC=O. The zero-order valence-corrected chi connectivity index (χ0v) is 6.73. The fourth-order valence-corrected chi connectivity index (χ4v) is 0.513. The number of amidine groups is 1. The van der Waals surface area contributed by atoms with Gasteiger partial charge in [-0.1, -0.05) is 0 Å². The molecule has 0 rings (SSSR count). The van der Waals surface area contributed by atoms with Crippen LogP contribution in [-0.2, 0) is 4.79 Å². The summed E-state index contributed by atoms with van der Waals surface area (Å²) in [7, 11) is 0. The summed E-state index contributed by atoms with van der Waals surface area (Å²) >= 11 is 0. The number of nitrogens with zero attached hydrogens (tertiary/aromatic N) is 1. The van der Waals surface area contributed by atoms with E-state index in [9.17, 15) is 4.79 Å². The molecule has 0 unspecified atom stereocenters. The minimum Gasteiger partial charge on any atom is -0.396 e. The van der Waals surface area contributed by atoms with E-state index in [0.29, 0.717) is 19.4 Å². The van der Waals surface area contributed by atoms with Gasteiger partial charge >= 0.3 is 0 Å². The molecule has 0 saturated heterocycles. The quantitative estimate of drug-likeness (QED) is 0.207. The molecule has 5 nitrogen and oxygen atoms in total. The van der Waals surface area contributed by atoms with E-state index in [1.54, 1.807) is 6.20 Å². The molecule has 4 N–H and O–H groups in total. The standard InChI is InChI=1S/C7H13N3O2/c8-7(10-6-12)2-4-9-3-1-5-11/h2,4,6,9,11H,1,3,5H2,(H2,8,10,12)/b4-2-. The van der Waals surface area contributed by atoms with Crippen molar-refractivity contribution in [3.8, 4) is 0 Å².